The van der Waals surface area contributed by atoms with E-state index in [0.29, 0.717) is 0 Å². The van der Waals surface area contributed by atoms with E-state index in [4.69, 9.17) is 5.11 Å². The molecule has 2 unspecified atom stereocenters. The number of rotatable bonds is 9. The van der Waals surface area contributed by atoms with Gasteiger partial charge in [0.15, 0.2) is 0 Å². The number of aliphatic carboxylic acids is 1. The number of nitrogens with one attached hydrogen (secondary N) is 2. The van der Waals surface area contributed by atoms with Crippen molar-refractivity contribution in [2.24, 2.45) is 0 Å². The highest BCUT2D eigenvalue weighted by Gasteiger charge is 2.36. The van der Waals surface area contributed by atoms with Gasteiger partial charge in [-0.1, -0.05) is 12.1 Å². The highest BCUT2D eigenvalue weighted by Crippen LogP contribution is 2.28. The fourth-order valence-corrected chi connectivity index (χ4v) is 2.66. The van der Waals surface area contributed by atoms with E-state index in [0.717, 1.165) is 18.4 Å². The lowest BCUT2D eigenvalue weighted by atomic mass is 10.1. The van der Waals surface area contributed by atoms with Crippen LogP contribution >= 0.6 is 0 Å². The Bertz CT molecular complexity index is 661. The molecule has 2 amide bonds. The molecule has 0 heterocycles. The Balaban J connectivity index is 1.78. The minimum atomic E-state index is -0.976. The highest BCUT2D eigenvalue weighted by molar-refractivity contribution is 5.86. The molecule has 1 aromatic carbocycles. The largest absolute Gasteiger partial charge is 0.480 e. The van der Waals surface area contributed by atoms with Crippen LogP contribution in [0, 0.1) is 5.82 Å². The molecule has 0 bridgehead atoms. The zero-order chi connectivity index (χ0) is 19.3. The SMILES string of the molecule is CC(NC(=O)CNC(=O)CN(C1CC1)C(C)C(=O)O)c1ccc(F)cc1. The van der Waals surface area contributed by atoms with E-state index >= 15 is 0 Å². The number of benzene rings is 1. The van der Waals surface area contributed by atoms with Gasteiger partial charge in [-0.05, 0) is 44.4 Å². The number of carbonyl (C=O) groups is 3. The zero-order valence-electron chi connectivity index (χ0n) is 14.9. The number of hydrogen-bond donors (Lipinski definition) is 3. The van der Waals surface area contributed by atoms with E-state index in [2.05, 4.69) is 10.6 Å². The molecule has 142 valence electrons. The van der Waals surface area contributed by atoms with Crippen molar-refractivity contribution in [2.75, 3.05) is 13.1 Å². The average Bonchev–Trinajstić information content (AvgIpc) is 3.42. The first kappa shape index (κ1) is 19.8. The zero-order valence-corrected chi connectivity index (χ0v) is 14.9. The summed E-state index contributed by atoms with van der Waals surface area (Å²) in [4.78, 5) is 36.8. The van der Waals surface area contributed by atoms with Crippen LogP contribution in [0.2, 0.25) is 0 Å². The van der Waals surface area contributed by atoms with Crippen molar-refractivity contribution in [1.82, 2.24) is 15.5 Å². The maximum atomic E-state index is 12.9. The lowest BCUT2D eigenvalue weighted by molar-refractivity contribution is -0.143. The number of nitrogens with zero attached hydrogens (tertiary/aromatic N) is 1. The van der Waals surface area contributed by atoms with Gasteiger partial charge in [0, 0.05) is 6.04 Å². The molecule has 1 saturated carbocycles. The number of amides is 2. The summed E-state index contributed by atoms with van der Waals surface area (Å²) < 4.78 is 12.9. The van der Waals surface area contributed by atoms with E-state index in [-0.39, 0.29) is 36.9 Å². The maximum Gasteiger partial charge on any atom is 0.320 e. The molecule has 0 spiro atoms. The Morgan fingerprint density at radius 2 is 1.81 bits per heavy atom. The molecule has 1 aromatic rings. The quantitative estimate of drug-likeness (QED) is 0.608. The predicted octanol–water partition coefficient (Wildman–Crippen LogP) is 1.06. The van der Waals surface area contributed by atoms with Crippen molar-refractivity contribution in [2.45, 2.75) is 44.8 Å². The first-order chi connectivity index (χ1) is 12.3. The van der Waals surface area contributed by atoms with Crippen molar-refractivity contribution in [3.8, 4) is 0 Å². The van der Waals surface area contributed by atoms with Crippen LogP contribution in [0.25, 0.3) is 0 Å². The van der Waals surface area contributed by atoms with Crippen molar-refractivity contribution in [1.29, 1.82) is 0 Å². The Kier molecular flexibility index (Phi) is 6.68. The molecule has 0 aliphatic heterocycles. The van der Waals surface area contributed by atoms with Crippen LogP contribution in [-0.2, 0) is 14.4 Å². The van der Waals surface area contributed by atoms with Crippen LogP contribution in [0.4, 0.5) is 4.39 Å². The first-order valence-electron chi connectivity index (χ1n) is 8.58. The van der Waals surface area contributed by atoms with E-state index in [1.165, 1.54) is 12.1 Å². The third-order valence-corrected chi connectivity index (χ3v) is 4.39. The molecular weight excluding hydrogens is 341 g/mol. The van der Waals surface area contributed by atoms with Gasteiger partial charge in [-0.15, -0.1) is 0 Å². The second-order valence-electron chi connectivity index (χ2n) is 6.54. The molecule has 8 heteroatoms. The molecule has 1 aliphatic rings. The summed E-state index contributed by atoms with van der Waals surface area (Å²) in [6, 6.07) is 4.83. The summed E-state index contributed by atoms with van der Waals surface area (Å²) in [5, 5.41) is 14.3. The molecule has 3 N–H and O–H groups in total. The van der Waals surface area contributed by atoms with Gasteiger partial charge in [0.2, 0.25) is 11.8 Å². The minimum Gasteiger partial charge on any atom is -0.480 e. The predicted molar refractivity (Wildman–Crippen MR) is 92.8 cm³/mol. The van der Waals surface area contributed by atoms with Crippen LogP contribution in [0.5, 0.6) is 0 Å². The fourth-order valence-electron chi connectivity index (χ4n) is 2.66. The number of hydrogen-bond acceptors (Lipinski definition) is 4. The molecule has 0 radical (unpaired) electrons. The fraction of sp³-hybridized carbons (Fsp3) is 0.500. The maximum absolute atomic E-state index is 12.9. The minimum absolute atomic E-state index is 0.0566. The molecular formula is C18H24FN3O4. The molecule has 2 rings (SSSR count). The summed E-state index contributed by atoms with van der Waals surface area (Å²) in [5.41, 5.74) is 0.751. The van der Waals surface area contributed by atoms with Crippen LogP contribution in [0.15, 0.2) is 24.3 Å². The van der Waals surface area contributed by atoms with Crippen molar-refractivity contribution in [3.63, 3.8) is 0 Å². The summed E-state index contributed by atoms with van der Waals surface area (Å²) in [7, 11) is 0. The van der Waals surface area contributed by atoms with E-state index in [9.17, 15) is 18.8 Å². The summed E-state index contributed by atoms with van der Waals surface area (Å²) >= 11 is 0. The van der Waals surface area contributed by atoms with Crippen LogP contribution in [0.3, 0.4) is 0 Å². The smallest absolute Gasteiger partial charge is 0.320 e. The van der Waals surface area contributed by atoms with Gasteiger partial charge in [0.05, 0.1) is 19.1 Å². The van der Waals surface area contributed by atoms with Crippen LogP contribution < -0.4 is 10.6 Å². The molecule has 1 aliphatic carbocycles. The van der Waals surface area contributed by atoms with Crippen molar-refractivity contribution >= 4 is 17.8 Å². The molecule has 0 aromatic heterocycles. The number of carbonyl (C=O) groups excluding carboxylic acids is 2. The second kappa shape index (κ2) is 8.75. The summed E-state index contributed by atoms with van der Waals surface area (Å²) in [6.07, 6.45) is 1.75. The Hall–Kier alpha value is -2.48. The molecule has 26 heavy (non-hydrogen) atoms. The topological polar surface area (TPSA) is 98.7 Å². The number of carboxylic acids is 1. The third kappa shape index (κ3) is 5.80. The van der Waals surface area contributed by atoms with Gasteiger partial charge in [0.25, 0.3) is 0 Å². The van der Waals surface area contributed by atoms with E-state index in [1.807, 2.05) is 0 Å². The lowest BCUT2D eigenvalue weighted by Gasteiger charge is -2.25. The Morgan fingerprint density at radius 1 is 1.19 bits per heavy atom. The first-order valence-corrected chi connectivity index (χ1v) is 8.58. The number of halogens is 1. The van der Waals surface area contributed by atoms with Gasteiger partial charge in [0.1, 0.15) is 11.9 Å². The average molecular weight is 365 g/mol. The Morgan fingerprint density at radius 3 is 2.35 bits per heavy atom. The standard InChI is InChI=1S/C18H24FN3O4/c1-11(13-3-5-14(19)6-4-13)21-16(23)9-20-17(24)10-22(15-7-8-15)12(2)18(25)26/h3-6,11-12,15H,7-10H2,1-2H3,(H,20,24)(H,21,23)(H,25,26). The lowest BCUT2D eigenvalue weighted by Crippen LogP contribution is -2.48. The second-order valence-corrected chi connectivity index (χ2v) is 6.54. The Labute approximate surface area is 151 Å². The number of carboxylic acid groups (broad SMARTS) is 1. The third-order valence-electron chi connectivity index (χ3n) is 4.39. The normalized spacial score (nSPS) is 16.0. The molecule has 1 fully saturated rings. The van der Waals surface area contributed by atoms with Crippen molar-refractivity contribution in [3.05, 3.63) is 35.6 Å². The molecule has 2 atom stereocenters. The summed E-state index contributed by atoms with van der Waals surface area (Å²) in [5.74, 6) is -2.10. The van der Waals surface area contributed by atoms with Crippen LogP contribution in [0.1, 0.15) is 38.3 Å². The van der Waals surface area contributed by atoms with E-state index in [1.54, 1.807) is 30.9 Å². The summed E-state index contributed by atoms with van der Waals surface area (Å²) in [6.45, 7) is 3.05. The van der Waals surface area contributed by atoms with E-state index < -0.39 is 17.9 Å². The molecule has 7 nitrogen and oxygen atoms in total. The van der Waals surface area contributed by atoms with Gasteiger partial charge >= 0.3 is 5.97 Å². The molecule has 0 saturated heterocycles. The van der Waals surface area contributed by atoms with Crippen molar-refractivity contribution < 1.29 is 23.9 Å². The van der Waals surface area contributed by atoms with Crippen LogP contribution in [-0.4, -0.2) is 53.0 Å². The highest BCUT2D eigenvalue weighted by atomic mass is 19.1. The van der Waals surface area contributed by atoms with Gasteiger partial charge in [-0.2, -0.15) is 0 Å². The monoisotopic (exact) mass is 365 g/mol. The van der Waals surface area contributed by atoms with Gasteiger partial charge in [-0.3, -0.25) is 19.3 Å². The van der Waals surface area contributed by atoms with Gasteiger partial charge < -0.3 is 15.7 Å². The van der Waals surface area contributed by atoms with Gasteiger partial charge in [-0.25, -0.2) is 4.39 Å².